The number of para-hydroxylation sites is 1. The molecule has 5 rings (SSSR count). The SMILES string of the molecule is O=C1[C@H](CC[C@H](O)c2ccc(F)cc2)[C@@H](c2ccc(CC[C@@H]3O[C@H](CO)[C@@H](O)[C@H](O)[C@H]3O)cc2O)N1c1ccccc1. The summed E-state index contributed by atoms with van der Waals surface area (Å²) in [6, 6.07) is 19.4. The summed E-state index contributed by atoms with van der Waals surface area (Å²) in [7, 11) is 0. The number of β-lactam (4-membered cyclic amide) rings is 1. The Morgan fingerprint density at radius 1 is 0.881 bits per heavy atom. The topological polar surface area (TPSA) is 151 Å². The molecule has 0 saturated carbocycles. The number of nitrogens with zero attached hydrogens (tertiary/aromatic N) is 1. The van der Waals surface area contributed by atoms with Gasteiger partial charge in [-0.1, -0.05) is 42.5 Å². The summed E-state index contributed by atoms with van der Waals surface area (Å²) in [5.41, 5.74) is 2.53. The van der Waals surface area contributed by atoms with Crippen molar-refractivity contribution in [3.05, 3.63) is 95.3 Å². The molecule has 3 aromatic carbocycles. The van der Waals surface area contributed by atoms with Crippen molar-refractivity contribution in [2.75, 3.05) is 11.5 Å². The minimum absolute atomic E-state index is 0.0104. The number of amides is 1. The minimum Gasteiger partial charge on any atom is -0.508 e. The van der Waals surface area contributed by atoms with Crippen LogP contribution in [0.2, 0.25) is 0 Å². The number of hydrogen-bond donors (Lipinski definition) is 6. The summed E-state index contributed by atoms with van der Waals surface area (Å²) < 4.78 is 18.9. The molecule has 2 aliphatic rings. The minimum atomic E-state index is -1.45. The number of hydrogen-bond acceptors (Lipinski definition) is 8. The number of phenols is 1. The Morgan fingerprint density at radius 3 is 2.24 bits per heavy atom. The normalized spacial score (nSPS) is 28.4. The Morgan fingerprint density at radius 2 is 1.57 bits per heavy atom. The molecule has 0 bridgehead atoms. The van der Waals surface area contributed by atoms with E-state index in [1.54, 1.807) is 17.0 Å². The molecule has 9 nitrogen and oxygen atoms in total. The molecule has 1 amide bonds. The van der Waals surface area contributed by atoms with Gasteiger partial charge in [0.2, 0.25) is 5.91 Å². The van der Waals surface area contributed by atoms with Gasteiger partial charge in [0, 0.05) is 11.3 Å². The Hall–Kier alpha value is -3.38. The number of ether oxygens (including phenoxy) is 1. The van der Waals surface area contributed by atoms with E-state index in [0.717, 1.165) is 5.56 Å². The van der Waals surface area contributed by atoms with Crippen LogP contribution in [0, 0.1) is 11.7 Å². The maximum absolute atomic E-state index is 13.3. The molecule has 224 valence electrons. The first kappa shape index (κ1) is 30.1. The number of halogens is 1. The van der Waals surface area contributed by atoms with Gasteiger partial charge in [-0.3, -0.25) is 4.79 Å². The van der Waals surface area contributed by atoms with E-state index >= 15 is 0 Å². The first-order chi connectivity index (χ1) is 20.2. The van der Waals surface area contributed by atoms with Crippen LogP contribution in [0.5, 0.6) is 5.75 Å². The lowest BCUT2D eigenvalue weighted by Gasteiger charge is -2.48. The highest BCUT2D eigenvalue weighted by molar-refractivity contribution is 6.03. The largest absolute Gasteiger partial charge is 0.508 e. The maximum atomic E-state index is 13.3. The van der Waals surface area contributed by atoms with E-state index in [2.05, 4.69) is 0 Å². The van der Waals surface area contributed by atoms with Crippen LogP contribution in [0.25, 0.3) is 0 Å². The van der Waals surface area contributed by atoms with Crippen molar-refractivity contribution in [1.29, 1.82) is 0 Å². The zero-order chi connectivity index (χ0) is 30.0. The lowest BCUT2D eigenvalue weighted by atomic mass is 9.77. The fourth-order valence-electron chi connectivity index (χ4n) is 5.97. The lowest BCUT2D eigenvalue weighted by molar-refractivity contribution is -0.230. The van der Waals surface area contributed by atoms with Crippen molar-refractivity contribution in [2.45, 2.75) is 68.3 Å². The van der Waals surface area contributed by atoms with Gasteiger partial charge in [0.1, 0.15) is 36.0 Å². The summed E-state index contributed by atoms with van der Waals surface area (Å²) >= 11 is 0. The monoisotopic (exact) mass is 581 g/mol. The Kier molecular flexibility index (Phi) is 9.22. The number of carbonyl (C=O) groups excluding carboxylic acids is 1. The second-order valence-corrected chi connectivity index (χ2v) is 11.0. The number of phenolic OH excluding ortho intramolecular Hbond substituents is 1. The van der Waals surface area contributed by atoms with Crippen LogP contribution in [0.15, 0.2) is 72.8 Å². The van der Waals surface area contributed by atoms with Gasteiger partial charge >= 0.3 is 0 Å². The van der Waals surface area contributed by atoms with Crippen molar-refractivity contribution < 1.29 is 44.6 Å². The van der Waals surface area contributed by atoms with Gasteiger partial charge in [0.25, 0.3) is 0 Å². The van der Waals surface area contributed by atoms with Crippen molar-refractivity contribution in [3.8, 4) is 5.75 Å². The quantitative estimate of drug-likeness (QED) is 0.200. The molecular formula is C32H36FNO8. The molecule has 2 saturated heterocycles. The van der Waals surface area contributed by atoms with Crippen molar-refractivity contribution in [3.63, 3.8) is 0 Å². The summed E-state index contributed by atoms with van der Waals surface area (Å²) in [4.78, 5) is 15.0. The predicted octanol–water partition coefficient (Wildman–Crippen LogP) is 2.52. The predicted molar refractivity (Wildman–Crippen MR) is 151 cm³/mol. The molecule has 3 aromatic rings. The van der Waals surface area contributed by atoms with Crippen LogP contribution in [-0.2, 0) is 16.0 Å². The van der Waals surface area contributed by atoms with E-state index in [0.29, 0.717) is 29.7 Å². The zero-order valence-electron chi connectivity index (χ0n) is 22.9. The molecule has 2 aliphatic heterocycles. The van der Waals surface area contributed by atoms with Gasteiger partial charge in [-0.2, -0.15) is 0 Å². The molecule has 42 heavy (non-hydrogen) atoms. The molecule has 0 spiro atoms. The average Bonchev–Trinajstić information content (AvgIpc) is 2.99. The molecular weight excluding hydrogens is 545 g/mol. The van der Waals surface area contributed by atoms with E-state index in [1.165, 1.54) is 24.3 Å². The van der Waals surface area contributed by atoms with Crippen LogP contribution in [-0.4, -0.2) is 73.7 Å². The number of benzene rings is 3. The summed E-state index contributed by atoms with van der Waals surface area (Å²) in [6.07, 6.45) is -5.62. The molecule has 8 atom stereocenters. The van der Waals surface area contributed by atoms with Gasteiger partial charge in [0.05, 0.1) is 30.8 Å². The number of carbonyl (C=O) groups is 1. The van der Waals surface area contributed by atoms with Crippen LogP contribution >= 0.6 is 0 Å². The molecule has 0 aliphatic carbocycles. The average molecular weight is 582 g/mol. The second-order valence-electron chi connectivity index (χ2n) is 11.0. The van der Waals surface area contributed by atoms with Crippen LogP contribution in [0.1, 0.15) is 48.1 Å². The van der Waals surface area contributed by atoms with Gasteiger partial charge < -0.3 is 40.3 Å². The summed E-state index contributed by atoms with van der Waals surface area (Å²) in [6.45, 7) is -0.503. The van der Waals surface area contributed by atoms with E-state index in [-0.39, 0.29) is 24.5 Å². The molecule has 10 heteroatoms. The second kappa shape index (κ2) is 12.9. The number of anilines is 1. The van der Waals surface area contributed by atoms with E-state index in [9.17, 15) is 39.8 Å². The first-order valence-electron chi connectivity index (χ1n) is 14.1. The third-order valence-electron chi connectivity index (χ3n) is 8.38. The van der Waals surface area contributed by atoms with Gasteiger partial charge in [-0.25, -0.2) is 4.39 Å². The molecule has 0 aromatic heterocycles. The fraction of sp³-hybridized carbons (Fsp3) is 0.406. The van der Waals surface area contributed by atoms with Crippen molar-refractivity contribution in [2.24, 2.45) is 5.92 Å². The standard InChI is InChI=1S/C32H36FNO8/c33-20-10-8-19(9-11-20)24(36)14-13-23-28(34(32(23)41)21-4-2-1-3-5-21)22-12-6-18(16-25(22)37)7-15-26-29(38)31(40)30(39)27(17-35)42-26/h1-6,8-12,16,23-24,26-31,35-40H,7,13-15,17H2/t23-,24+,26+,27-,28-,29+,30-,31-/m1/s1. The third kappa shape index (κ3) is 6.05. The molecule has 6 N–H and O–H groups in total. The van der Waals surface area contributed by atoms with Crippen LogP contribution < -0.4 is 4.90 Å². The highest BCUT2D eigenvalue weighted by Gasteiger charge is 2.49. The number of aliphatic hydroxyl groups is 5. The number of aryl methyl sites for hydroxylation is 1. The Bertz CT molecular complexity index is 1350. The van der Waals surface area contributed by atoms with Gasteiger partial charge in [-0.05, 0) is 67.1 Å². The summed E-state index contributed by atoms with van der Waals surface area (Å²) in [5.74, 6) is -1.02. The van der Waals surface area contributed by atoms with Crippen LogP contribution in [0.4, 0.5) is 10.1 Å². The highest BCUT2D eigenvalue weighted by Crippen LogP contribution is 2.48. The first-order valence-corrected chi connectivity index (χ1v) is 14.1. The number of aliphatic hydroxyl groups excluding tert-OH is 5. The number of aromatic hydroxyl groups is 1. The highest BCUT2D eigenvalue weighted by atomic mass is 19.1. The van der Waals surface area contributed by atoms with Gasteiger partial charge in [-0.15, -0.1) is 0 Å². The van der Waals surface area contributed by atoms with Gasteiger partial charge in [0.15, 0.2) is 0 Å². The zero-order valence-corrected chi connectivity index (χ0v) is 22.9. The fourth-order valence-corrected chi connectivity index (χ4v) is 5.97. The molecule has 0 unspecified atom stereocenters. The Labute approximate surface area is 243 Å². The third-order valence-corrected chi connectivity index (χ3v) is 8.38. The summed E-state index contributed by atoms with van der Waals surface area (Å²) in [5, 5.41) is 61.6. The van der Waals surface area contributed by atoms with Crippen molar-refractivity contribution in [1.82, 2.24) is 0 Å². The van der Waals surface area contributed by atoms with Crippen molar-refractivity contribution >= 4 is 11.6 Å². The smallest absolute Gasteiger partial charge is 0.233 e. The molecule has 2 fully saturated rings. The van der Waals surface area contributed by atoms with E-state index < -0.39 is 61.0 Å². The Balaban J connectivity index is 1.31. The number of rotatable bonds is 10. The molecule has 2 heterocycles. The van der Waals surface area contributed by atoms with E-state index in [4.69, 9.17) is 4.74 Å². The van der Waals surface area contributed by atoms with E-state index in [1.807, 2.05) is 36.4 Å². The lowest BCUT2D eigenvalue weighted by Crippen LogP contribution is -2.58. The maximum Gasteiger partial charge on any atom is 0.233 e. The van der Waals surface area contributed by atoms with Crippen LogP contribution in [0.3, 0.4) is 0 Å². The molecule has 0 radical (unpaired) electrons.